The third kappa shape index (κ3) is 2.31. The molecule has 0 bridgehead atoms. The summed E-state index contributed by atoms with van der Waals surface area (Å²) in [5.41, 5.74) is 1.12. The summed E-state index contributed by atoms with van der Waals surface area (Å²) in [6.45, 7) is 0. The van der Waals surface area contributed by atoms with Crippen LogP contribution in [0.25, 0.3) is 0 Å². The van der Waals surface area contributed by atoms with E-state index in [9.17, 15) is 0 Å². The van der Waals surface area contributed by atoms with Crippen LogP contribution >= 0.6 is 0 Å². The molecule has 0 atom stereocenters. The Bertz CT molecular complexity index is 293. The van der Waals surface area contributed by atoms with Crippen molar-refractivity contribution in [1.29, 1.82) is 0 Å². The third-order valence-corrected chi connectivity index (χ3v) is 1.83. The highest BCUT2D eigenvalue weighted by atomic mass is 16.7. The molecular formula is C10H13NO3. The van der Waals surface area contributed by atoms with Gasteiger partial charge in [0.15, 0.2) is 0 Å². The highest BCUT2D eigenvalue weighted by molar-refractivity contribution is 6.02. The molecule has 0 aliphatic rings. The van der Waals surface area contributed by atoms with Gasteiger partial charge >= 0.3 is 0 Å². The van der Waals surface area contributed by atoms with Crippen molar-refractivity contribution in [2.24, 2.45) is 5.16 Å². The van der Waals surface area contributed by atoms with Crippen molar-refractivity contribution in [1.82, 2.24) is 0 Å². The minimum absolute atomic E-state index is 0.357. The molecule has 1 rings (SSSR count). The number of nitrogens with zero attached hydrogens (tertiary/aromatic N) is 1. The Morgan fingerprint density at radius 1 is 1.21 bits per heavy atom. The SMILES string of the molecule is COC(OC)C(=NO)c1ccccc1. The van der Waals surface area contributed by atoms with Crippen LogP contribution in [0.3, 0.4) is 0 Å². The van der Waals surface area contributed by atoms with E-state index in [2.05, 4.69) is 5.16 Å². The van der Waals surface area contributed by atoms with Crippen molar-refractivity contribution in [3.63, 3.8) is 0 Å². The Morgan fingerprint density at radius 2 is 1.79 bits per heavy atom. The Morgan fingerprint density at radius 3 is 2.21 bits per heavy atom. The van der Waals surface area contributed by atoms with E-state index in [0.29, 0.717) is 5.71 Å². The number of oxime groups is 1. The lowest BCUT2D eigenvalue weighted by atomic mass is 10.1. The van der Waals surface area contributed by atoms with Crippen molar-refractivity contribution in [2.45, 2.75) is 6.29 Å². The van der Waals surface area contributed by atoms with Crippen molar-refractivity contribution in [3.8, 4) is 0 Å². The molecule has 0 saturated heterocycles. The smallest absolute Gasteiger partial charge is 0.204 e. The molecule has 1 aromatic rings. The molecule has 0 saturated carbocycles. The van der Waals surface area contributed by atoms with Crippen LogP contribution in [0.15, 0.2) is 35.5 Å². The molecule has 4 heteroatoms. The summed E-state index contributed by atoms with van der Waals surface area (Å²) in [5.74, 6) is 0. The predicted octanol–water partition coefficient (Wildman–Crippen LogP) is 1.48. The molecule has 14 heavy (non-hydrogen) atoms. The summed E-state index contributed by atoms with van der Waals surface area (Å²) in [5, 5.41) is 12.0. The van der Waals surface area contributed by atoms with Gasteiger partial charge in [-0.05, 0) is 0 Å². The predicted molar refractivity (Wildman–Crippen MR) is 52.6 cm³/mol. The van der Waals surface area contributed by atoms with Crippen LogP contribution in [-0.2, 0) is 9.47 Å². The van der Waals surface area contributed by atoms with E-state index >= 15 is 0 Å². The summed E-state index contributed by atoms with van der Waals surface area (Å²) in [6, 6.07) is 9.22. The normalized spacial score (nSPS) is 12.1. The first-order valence-electron chi connectivity index (χ1n) is 4.16. The van der Waals surface area contributed by atoms with E-state index in [-0.39, 0.29) is 0 Å². The van der Waals surface area contributed by atoms with Gasteiger partial charge in [0.2, 0.25) is 6.29 Å². The maximum Gasteiger partial charge on any atom is 0.204 e. The topological polar surface area (TPSA) is 51.0 Å². The lowest BCUT2D eigenvalue weighted by Crippen LogP contribution is -2.25. The fourth-order valence-corrected chi connectivity index (χ4v) is 1.17. The summed E-state index contributed by atoms with van der Waals surface area (Å²) in [6.07, 6.45) is -0.651. The van der Waals surface area contributed by atoms with E-state index in [1.165, 1.54) is 14.2 Å². The van der Waals surface area contributed by atoms with Crippen LogP contribution in [0.5, 0.6) is 0 Å². The third-order valence-electron chi connectivity index (χ3n) is 1.83. The Balaban J connectivity index is 2.94. The molecule has 0 heterocycles. The molecule has 0 radical (unpaired) electrons. The van der Waals surface area contributed by atoms with Gasteiger partial charge in [-0.2, -0.15) is 0 Å². The van der Waals surface area contributed by atoms with Crippen LogP contribution in [0, 0.1) is 0 Å². The molecule has 1 aromatic carbocycles. The van der Waals surface area contributed by atoms with E-state index in [1.54, 1.807) is 0 Å². The van der Waals surface area contributed by atoms with Crippen LogP contribution in [-0.4, -0.2) is 31.4 Å². The molecule has 76 valence electrons. The first-order chi connectivity index (χ1) is 6.83. The molecule has 0 aliphatic heterocycles. The summed E-state index contributed by atoms with van der Waals surface area (Å²) in [7, 11) is 2.98. The van der Waals surface area contributed by atoms with Crippen LogP contribution in [0.1, 0.15) is 5.56 Å². The zero-order chi connectivity index (χ0) is 10.4. The summed E-state index contributed by atoms with van der Waals surface area (Å²) in [4.78, 5) is 0. The van der Waals surface area contributed by atoms with Crippen LogP contribution in [0.2, 0.25) is 0 Å². The zero-order valence-corrected chi connectivity index (χ0v) is 8.18. The van der Waals surface area contributed by atoms with Crippen LogP contribution < -0.4 is 0 Å². The minimum atomic E-state index is -0.651. The molecule has 0 unspecified atom stereocenters. The molecule has 0 aliphatic carbocycles. The quantitative estimate of drug-likeness (QED) is 0.342. The number of ether oxygens (including phenoxy) is 2. The maximum atomic E-state index is 8.84. The van der Waals surface area contributed by atoms with Gasteiger partial charge < -0.3 is 14.7 Å². The van der Waals surface area contributed by atoms with Crippen molar-refractivity contribution in [2.75, 3.05) is 14.2 Å². The van der Waals surface area contributed by atoms with Crippen molar-refractivity contribution in [3.05, 3.63) is 35.9 Å². The van der Waals surface area contributed by atoms with Gasteiger partial charge in [-0.15, -0.1) is 0 Å². The second-order valence-corrected chi connectivity index (χ2v) is 2.65. The maximum absolute atomic E-state index is 8.84. The van der Waals surface area contributed by atoms with E-state index in [0.717, 1.165) is 5.56 Å². The average molecular weight is 195 g/mol. The lowest BCUT2D eigenvalue weighted by Gasteiger charge is -2.14. The fourth-order valence-electron chi connectivity index (χ4n) is 1.17. The molecule has 0 aromatic heterocycles. The Labute approximate surface area is 82.8 Å². The second kappa shape index (κ2) is 5.36. The van der Waals surface area contributed by atoms with Gasteiger partial charge in [-0.1, -0.05) is 35.5 Å². The van der Waals surface area contributed by atoms with Gasteiger partial charge in [-0.3, -0.25) is 0 Å². The van der Waals surface area contributed by atoms with Crippen LogP contribution in [0.4, 0.5) is 0 Å². The van der Waals surface area contributed by atoms with Crippen molar-refractivity contribution >= 4 is 5.71 Å². The van der Waals surface area contributed by atoms with E-state index in [1.807, 2.05) is 30.3 Å². The van der Waals surface area contributed by atoms with E-state index in [4.69, 9.17) is 14.7 Å². The van der Waals surface area contributed by atoms with Gasteiger partial charge in [0.1, 0.15) is 5.71 Å². The number of benzene rings is 1. The minimum Gasteiger partial charge on any atom is -0.410 e. The van der Waals surface area contributed by atoms with Gasteiger partial charge in [0.05, 0.1) is 0 Å². The molecule has 1 N–H and O–H groups in total. The summed E-state index contributed by atoms with van der Waals surface area (Å²) < 4.78 is 9.99. The molecular weight excluding hydrogens is 182 g/mol. The summed E-state index contributed by atoms with van der Waals surface area (Å²) >= 11 is 0. The van der Waals surface area contributed by atoms with Gasteiger partial charge in [0.25, 0.3) is 0 Å². The van der Waals surface area contributed by atoms with E-state index < -0.39 is 6.29 Å². The molecule has 0 spiro atoms. The Kier molecular flexibility index (Phi) is 4.10. The van der Waals surface area contributed by atoms with Gasteiger partial charge in [-0.25, -0.2) is 0 Å². The monoisotopic (exact) mass is 195 g/mol. The fraction of sp³-hybridized carbons (Fsp3) is 0.300. The molecule has 0 amide bonds. The average Bonchev–Trinajstić information content (AvgIpc) is 2.27. The molecule has 4 nitrogen and oxygen atoms in total. The number of rotatable bonds is 4. The first kappa shape index (κ1) is 10.7. The standard InChI is InChI=1S/C10H13NO3/c1-13-10(14-2)9(11-12)8-6-4-3-5-7-8/h3-7,10,12H,1-2H3. The number of hydrogen-bond donors (Lipinski definition) is 1. The zero-order valence-electron chi connectivity index (χ0n) is 8.18. The number of hydrogen-bond acceptors (Lipinski definition) is 4. The largest absolute Gasteiger partial charge is 0.410 e. The molecule has 0 fully saturated rings. The van der Waals surface area contributed by atoms with Gasteiger partial charge in [0, 0.05) is 19.8 Å². The lowest BCUT2D eigenvalue weighted by molar-refractivity contribution is -0.0529. The first-order valence-corrected chi connectivity index (χ1v) is 4.16. The highest BCUT2D eigenvalue weighted by Gasteiger charge is 2.16. The van der Waals surface area contributed by atoms with Crippen molar-refractivity contribution < 1.29 is 14.7 Å². The Hall–Kier alpha value is -1.39. The second-order valence-electron chi connectivity index (χ2n) is 2.65. The number of methoxy groups -OCH3 is 2. The highest BCUT2D eigenvalue weighted by Crippen LogP contribution is 2.07.